The Hall–Kier alpha value is -3.10. The second-order valence-electron chi connectivity index (χ2n) is 5.27. The van der Waals surface area contributed by atoms with E-state index < -0.39 is 5.91 Å². The molecule has 0 spiro atoms. The highest BCUT2D eigenvalue weighted by molar-refractivity contribution is 9.10. The summed E-state index contributed by atoms with van der Waals surface area (Å²) in [5.41, 5.74) is 2.38. The van der Waals surface area contributed by atoms with E-state index in [0.29, 0.717) is 5.69 Å². The average Bonchev–Trinajstić information content (AvgIpc) is 3.08. The minimum absolute atomic E-state index is 0.0378. The van der Waals surface area contributed by atoms with Crippen molar-refractivity contribution in [1.82, 2.24) is 4.57 Å². The number of carbonyl (C=O) groups is 1. The summed E-state index contributed by atoms with van der Waals surface area (Å²) in [7, 11) is 0. The fourth-order valence-electron chi connectivity index (χ4n) is 2.40. The van der Waals surface area contributed by atoms with Gasteiger partial charge < -0.3 is 9.88 Å². The molecule has 1 N–H and O–H groups in total. The van der Waals surface area contributed by atoms with Gasteiger partial charge in [0.1, 0.15) is 11.6 Å². The Labute approximate surface area is 154 Å². The number of anilines is 1. The van der Waals surface area contributed by atoms with Crippen LogP contribution >= 0.6 is 15.9 Å². The lowest BCUT2D eigenvalue weighted by Crippen LogP contribution is -2.13. The van der Waals surface area contributed by atoms with E-state index in [1.54, 1.807) is 18.2 Å². The largest absolute Gasteiger partial charge is 0.321 e. The van der Waals surface area contributed by atoms with Crippen molar-refractivity contribution < 1.29 is 4.79 Å². The van der Waals surface area contributed by atoms with Gasteiger partial charge in [-0.05, 0) is 48.5 Å². The third kappa shape index (κ3) is 4.06. The summed E-state index contributed by atoms with van der Waals surface area (Å²) in [5.74, 6) is -0.443. The van der Waals surface area contributed by atoms with E-state index in [2.05, 4.69) is 21.2 Å². The highest BCUT2D eigenvalue weighted by atomic mass is 79.9. The topological polar surface area (TPSA) is 57.8 Å². The highest BCUT2D eigenvalue weighted by Gasteiger charge is 2.11. The summed E-state index contributed by atoms with van der Waals surface area (Å²) in [4.78, 5) is 12.4. The molecule has 2 aromatic carbocycles. The summed E-state index contributed by atoms with van der Waals surface area (Å²) < 4.78 is 2.77. The Bertz CT molecular complexity index is 968. The number of halogens is 1. The van der Waals surface area contributed by atoms with E-state index in [1.807, 2.05) is 71.4 Å². The number of aromatic nitrogens is 1. The van der Waals surface area contributed by atoms with Gasteiger partial charge in [0, 0.05) is 27.7 Å². The molecule has 1 aromatic heterocycles. The number of benzene rings is 2. The average molecular weight is 392 g/mol. The molecule has 4 nitrogen and oxygen atoms in total. The monoisotopic (exact) mass is 391 g/mol. The molecule has 0 bridgehead atoms. The number of nitrogens with one attached hydrogen (secondary N) is 1. The zero-order valence-electron chi connectivity index (χ0n) is 13.2. The normalized spacial score (nSPS) is 11.0. The van der Waals surface area contributed by atoms with Gasteiger partial charge in [-0.25, -0.2) is 0 Å². The van der Waals surface area contributed by atoms with Crippen molar-refractivity contribution in [3.8, 4) is 11.8 Å². The molecular weight excluding hydrogens is 378 g/mol. The third-order valence-corrected chi connectivity index (χ3v) is 4.05. The summed E-state index contributed by atoms with van der Waals surface area (Å²) in [5, 5.41) is 12.1. The molecule has 0 saturated carbocycles. The minimum Gasteiger partial charge on any atom is -0.321 e. The number of para-hydroxylation sites is 1. The zero-order chi connectivity index (χ0) is 17.6. The van der Waals surface area contributed by atoms with Crippen LogP contribution in [0.15, 0.2) is 83.0 Å². The number of nitriles is 1. The molecule has 1 heterocycles. The summed E-state index contributed by atoms with van der Waals surface area (Å²) in [6.07, 6.45) is 3.47. The Kier molecular flexibility index (Phi) is 5.12. The Morgan fingerprint density at radius 1 is 1.08 bits per heavy atom. The predicted molar refractivity (Wildman–Crippen MR) is 102 cm³/mol. The van der Waals surface area contributed by atoms with Gasteiger partial charge in [0.2, 0.25) is 0 Å². The summed E-state index contributed by atoms with van der Waals surface area (Å²) in [6, 6.07) is 22.7. The van der Waals surface area contributed by atoms with Gasteiger partial charge in [0.25, 0.3) is 5.91 Å². The van der Waals surface area contributed by atoms with Crippen molar-refractivity contribution in [3.05, 3.63) is 88.7 Å². The molecule has 25 heavy (non-hydrogen) atoms. The van der Waals surface area contributed by atoms with Gasteiger partial charge in [0.05, 0.1) is 0 Å². The SMILES string of the molecule is N#CC(=Cc1cccn1-c1ccccc1)C(=O)Nc1cccc(Br)c1. The Morgan fingerprint density at radius 3 is 2.60 bits per heavy atom. The maximum atomic E-state index is 12.4. The maximum Gasteiger partial charge on any atom is 0.266 e. The van der Waals surface area contributed by atoms with Crippen molar-refractivity contribution in [2.75, 3.05) is 5.32 Å². The van der Waals surface area contributed by atoms with Crippen LogP contribution in [-0.2, 0) is 4.79 Å². The molecule has 5 heteroatoms. The fraction of sp³-hybridized carbons (Fsp3) is 0. The van der Waals surface area contributed by atoms with E-state index in [1.165, 1.54) is 0 Å². The molecule has 3 aromatic rings. The lowest BCUT2D eigenvalue weighted by atomic mass is 10.2. The fourth-order valence-corrected chi connectivity index (χ4v) is 2.80. The van der Waals surface area contributed by atoms with Crippen LogP contribution in [-0.4, -0.2) is 10.5 Å². The first-order valence-electron chi connectivity index (χ1n) is 7.59. The molecule has 122 valence electrons. The molecule has 0 radical (unpaired) electrons. The number of hydrogen-bond donors (Lipinski definition) is 1. The lowest BCUT2D eigenvalue weighted by molar-refractivity contribution is -0.112. The number of amides is 1. The Balaban J connectivity index is 1.88. The quantitative estimate of drug-likeness (QED) is 0.513. The van der Waals surface area contributed by atoms with Crippen LogP contribution in [0.2, 0.25) is 0 Å². The maximum absolute atomic E-state index is 12.4. The van der Waals surface area contributed by atoms with Gasteiger partial charge in [0.15, 0.2) is 0 Å². The molecule has 3 rings (SSSR count). The van der Waals surface area contributed by atoms with Crippen molar-refractivity contribution in [2.45, 2.75) is 0 Å². The molecular formula is C20H14BrN3O. The molecule has 0 fully saturated rings. The van der Waals surface area contributed by atoms with Crippen molar-refractivity contribution in [1.29, 1.82) is 5.26 Å². The van der Waals surface area contributed by atoms with E-state index in [-0.39, 0.29) is 5.57 Å². The van der Waals surface area contributed by atoms with Crippen LogP contribution < -0.4 is 5.32 Å². The van der Waals surface area contributed by atoms with Crippen LogP contribution in [0, 0.1) is 11.3 Å². The van der Waals surface area contributed by atoms with E-state index in [4.69, 9.17) is 0 Å². The van der Waals surface area contributed by atoms with Gasteiger partial charge in [-0.1, -0.05) is 40.2 Å². The van der Waals surface area contributed by atoms with Crippen molar-refractivity contribution >= 4 is 33.6 Å². The first-order chi connectivity index (χ1) is 12.2. The van der Waals surface area contributed by atoms with Crippen molar-refractivity contribution in [3.63, 3.8) is 0 Å². The van der Waals surface area contributed by atoms with E-state index in [0.717, 1.165) is 15.9 Å². The summed E-state index contributed by atoms with van der Waals surface area (Å²) in [6.45, 7) is 0. The first kappa shape index (κ1) is 16.7. The standard InChI is InChI=1S/C20H14BrN3O/c21-16-6-4-7-17(13-16)23-20(25)15(14-22)12-19-10-5-11-24(19)18-8-2-1-3-9-18/h1-13H,(H,23,25). The van der Waals surface area contributed by atoms with Crippen LogP contribution in [0.4, 0.5) is 5.69 Å². The summed E-state index contributed by atoms with van der Waals surface area (Å²) >= 11 is 3.36. The molecule has 0 aliphatic carbocycles. The van der Waals surface area contributed by atoms with Gasteiger partial charge in [-0.15, -0.1) is 0 Å². The third-order valence-electron chi connectivity index (χ3n) is 3.55. The molecule has 1 amide bonds. The molecule has 0 unspecified atom stereocenters. The van der Waals surface area contributed by atoms with Crippen LogP contribution in [0.25, 0.3) is 11.8 Å². The van der Waals surface area contributed by atoms with Gasteiger partial charge >= 0.3 is 0 Å². The first-order valence-corrected chi connectivity index (χ1v) is 8.38. The molecule has 0 saturated heterocycles. The van der Waals surface area contributed by atoms with Gasteiger partial charge in [-0.2, -0.15) is 5.26 Å². The zero-order valence-corrected chi connectivity index (χ0v) is 14.8. The van der Waals surface area contributed by atoms with E-state index in [9.17, 15) is 10.1 Å². The smallest absolute Gasteiger partial charge is 0.266 e. The number of rotatable bonds is 4. The van der Waals surface area contributed by atoms with Crippen LogP contribution in [0.5, 0.6) is 0 Å². The lowest BCUT2D eigenvalue weighted by Gasteiger charge is -2.07. The number of hydrogen-bond acceptors (Lipinski definition) is 2. The van der Waals surface area contributed by atoms with Gasteiger partial charge in [-0.3, -0.25) is 4.79 Å². The minimum atomic E-state index is -0.443. The predicted octanol–water partition coefficient (Wildman–Crippen LogP) is 4.79. The van der Waals surface area contributed by atoms with Crippen LogP contribution in [0.3, 0.4) is 0 Å². The number of carbonyl (C=O) groups excluding carboxylic acids is 1. The number of nitrogens with zero attached hydrogens (tertiary/aromatic N) is 2. The van der Waals surface area contributed by atoms with Crippen molar-refractivity contribution in [2.24, 2.45) is 0 Å². The molecule has 0 atom stereocenters. The van der Waals surface area contributed by atoms with Crippen LogP contribution in [0.1, 0.15) is 5.69 Å². The second-order valence-corrected chi connectivity index (χ2v) is 6.19. The Morgan fingerprint density at radius 2 is 1.88 bits per heavy atom. The van der Waals surface area contributed by atoms with E-state index >= 15 is 0 Å². The molecule has 0 aliphatic heterocycles. The second kappa shape index (κ2) is 7.65. The molecule has 0 aliphatic rings. The highest BCUT2D eigenvalue weighted by Crippen LogP contribution is 2.18.